The number of rotatable bonds is 8. The molecule has 1 atom stereocenters. The lowest BCUT2D eigenvalue weighted by molar-refractivity contribution is -0.126. The number of halogens is 1. The molecular formula is C22H26FNO3. The molecule has 0 saturated heterocycles. The van der Waals surface area contributed by atoms with E-state index in [1.54, 1.807) is 31.2 Å². The van der Waals surface area contributed by atoms with Gasteiger partial charge in [-0.3, -0.25) is 4.79 Å². The normalized spacial score (nSPS) is 11.9. The van der Waals surface area contributed by atoms with Crippen LogP contribution >= 0.6 is 0 Å². The van der Waals surface area contributed by atoms with Gasteiger partial charge in [-0.15, -0.1) is 4.48 Å². The van der Waals surface area contributed by atoms with E-state index in [0.717, 1.165) is 17.5 Å². The molecule has 1 amide bonds. The van der Waals surface area contributed by atoms with E-state index >= 15 is 0 Å². The van der Waals surface area contributed by atoms with Crippen LogP contribution in [0.3, 0.4) is 0 Å². The van der Waals surface area contributed by atoms with Gasteiger partial charge in [-0.2, -0.15) is 5.54 Å². The van der Waals surface area contributed by atoms with Gasteiger partial charge < -0.3 is 4.74 Å². The van der Waals surface area contributed by atoms with E-state index < -0.39 is 11.8 Å². The number of hydrogen-bond donors (Lipinski definition) is 1. The summed E-state index contributed by atoms with van der Waals surface area (Å²) in [5, 5.41) is 0. The molecular weight excluding hydrogens is 345 g/mol. The van der Waals surface area contributed by atoms with Gasteiger partial charge >= 0.3 is 5.97 Å². The van der Waals surface area contributed by atoms with Crippen molar-refractivity contribution >= 4 is 11.9 Å². The van der Waals surface area contributed by atoms with E-state index in [2.05, 4.69) is 13.8 Å². The van der Waals surface area contributed by atoms with Gasteiger partial charge in [0.1, 0.15) is 0 Å². The van der Waals surface area contributed by atoms with Gasteiger partial charge in [0, 0.05) is 0 Å². The highest BCUT2D eigenvalue weighted by Crippen LogP contribution is 2.23. The number of carbonyl (C=O) groups excluding carboxylic acids is 2. The molecule has 0 aliphatic heterocycles. The molecule has 5 heteroatoms. The highest BCUT2D eigenvalue weighted by molar-refractivity contribution is 5.89. The molecule has 0 radical (unpaired) electrons. The summed E-state index contributed by atoms with van der Waals surface area (Å²) in [6.45, 7) is 6.35. The Morgan fingerprint density at radius 2 is 1.52 bits per heavy atom. The van der Waals surface area contributed by atoms with Crippen LogP contribution in [0.25, 0.3) is 0 Å². The van der Waals surface area contributed by atoms with Crippen molar-refractivity contribution in [2.45, 2.75) is 39.5 Å². The van der Waals surface area contributed by atoms with Crippen molar-refractivity contribution in [3.8, 4) is 0 Å². The Kier molecular flexibility index (Phi) is 7.53. The first kappa shape index (κ1) is 20.6. The minimum atomic E-state index is -0.680. The lowest BCUT2D eigenvalue weighted by Crippen LogP contribution is -2.24. The number of hydrogen-bond acceptors (Lipinski definition) is 3. The van der Waals surface area contributed by atoms with E-state index in [1.807, 2.05) is 24.3 Å². The first-order chi connectivity index (χ1) is 12.9. The topological polar surface area (TPSA) is 55.4 Å². The minimum absolute atomic E-state index is 0.312. The molecule has 0 aliphatic carbocycles. The molecule has 0 bridgehead atoms. The predicted molar refractivity (Wildman–Crippen MR) is 103 cm³/mol. The van der Waals surface area contributed by atoms with Crippen LogP contribution in [0.5, 0.6) is 0 Å². The van der Waals surface area contributed by atoms with Crippen LogP contribution in [0, 0.1) is 5.92 Å². The molecule has 0 saturated carbocycles. The van der Waals surface area contributed by atoms with Crippen LogP contribution in [0.4, 0.5) is 4.48 Å². The standard InChI is InChI=1S/C22H26FNO3/c1-4-27-22(26)19-11-7-17(8-12-19)14-20(21(25)24-23)18-9-5-16(6-10-18)13-15(2)3/h5-12,15,20H,4,13-14H2,1-3H3,(H,24,25). The van der Waals surface area contributed by atoms with Crippen LogP contribution in [-0.2, 0) is 22.4 Å². The fourth-order valence-electron chi connectivity index (χ4n) is 3.01. The van der Waals surface area contributed by atoms with Crippen LogP contribution in [-0.4, -0.2) is 18.5 Å². The number of amides is 1. The zero-order valence-electron chi connectivity index (χ0n) is 16.0. The molecule has 1 unspecified atom stereocenters. The largest absolute Gasteiger partial charge is 0.462 e. The van der Waals surface area contributed by atoms with E-state index in [0.29, 0.717) is 24.5 Å². The first-order valence-electron chi connectivity index (χ1n) is 9.20. The van der Waals surface area contributed by atoms with Gasteiger partial charge in [0.25, 0.3) is 5.91 Å². The second-order valence-electron chi connectivity index (χ2n) is 6.97. The lowest BCUT2D eigenvalue weighted by Gasteiger charge is -2.16. The molecule has 0 heterocycles. The number of nitrogens with one attached hydrogen (secondary N) is 1. The molecule has 2 rings (SSSR count). The lowest BCUT2D eigenvalue weighted by atomic mass is 9.90. The van der Waals surface area contributed by atoms with Gasteiger partial charge in [-0.1, -0.05) is 50.2 Å². The van der Waals surface area contributed by atoms with Gasteiger partial charge in [0.15, 0.2) is 0 Å². The molecule has 0 spiro atoms. The molecule has 2 aromatic rings. The van der Waals surface area contributed by atoms with E-state index in [-0.39, 0.29) is 5.97 Å². The maximum absolute atomic E-state index is 12.9. The van der Waals surface area contributed by atoms with E-state index in [9.17, 15) is 14.1 Å². The monoisotopic (exact) mass is 371 g/mol. The number of carbonyl (C=O) groups is 2. The Balaban J connectivity index is 2.17. The van der Waals surface area contributed by atoms with Gasteiger partial charge in [-0.25, -0.2) is 4.79 Å². The second kappa shape index (κ2) is 9.86. The summed E-state index contributed by atoms with van der Waals surface area (Å²) in [6.07, 6.45) is 1.29. The summed E-state index contributed by atoms with van der Waals surface area (Å²) in [5.41, 5.74) is 4.49. The van der Waals surface area contributed by atoms with Crippen molar-refractivity contribution in [3.05, 3.63) is 70.8 Å². The Labute approximate surface area is 159 Å². The molecule has 2 aromatic carbocycles. The molecule has 1 N–H and O–H groups in total. The summed E-state index contributed by atoms with van der Waals surface area (Å²) in [5.74, 6) is -1.17. The van der Waals surface area contributed by atoms with Crippen LogP contribution in [0.1, 0.15) is 53.7 Å². The SMILES string of the molecule is CCOC(=O)c1ccc(CC(C(=O)NF)c2ccc(CC(C)C)cc2)cc1. The Hall–Kier alpha value is -2.69. The third kappa shape index (κ3) is 5.91. The highest BCUT2D eigenvalue weighted by Gasteiger charge is 2.21. The average molecular weight is 371 g/mol. The highest BCUT2D eigenvalue weighted by atomic mass is 19.2. The maximum atomic E-state index is 12.9. The Morgan fingerprint density at radius 1 is 0.963 bits per heavy atom. The second-order valence-corrected chi connectivity index (χ2v) is 6.97. The van der Waals surface area contributed by atoms with Crippen molar-refractivity contribution in [1.29, 1.82) is 0 Å². The minimum Gasteiger partial charge on any atom is -0.462 e. The summed E-state index contributed by atoms with van der Waals surface area (Å²) >= 11 is 0. The zero-order valence-corrected chi connectivity index (χ0v) is 16.0. The summed E-state index contributed by atoms with van der Waals surface area (Å²) in [4.78, 5) is 23.8. The smallest absolute Gasteiger partial charge is 0.338 e. The molecule has 144 valence electrons. The summed E-state index contributed by atoms with van der Waals surface area (Å²) in [7, 11) is 0. The molecule has 27 heavy (non-hydrogen) atoms. The van der Waals surface area contributed by atoms with Crippen LogP contribution in [0.2, 0.25) is 0 Å². The van der Waals surface area contributed by atoms with E-state index in [1.165, 1.54) is 11.1 Å². The molecule has 0 aromatic heterocycles. The quantitative estimate of drug-likeness (QED) is 0.553. The van der Waals surface area contributed by atoms with Crippen molar-refractivity contribution in [2.75, 3.05) is 6.61 Å². The predicted octanol–water partition coefficient (Wildman–Crippen LogP) is 4.39. The Morgan fingerprint density at radius 3 is 2.04 bits per heavy atom. The van der Waals surface area contributed by atoms with Crippen molar-refractivity contribution in [1.82, 2.24) is 5.54 Å². The van der Waals surface area contributed by atoms with Crippen molar-refractivity contribution < 1.29 is 18.8 Å². The van der Waals surface area contributed by atoms with Crippen molar-refractivity contribution in [3.63, 3.8) is 0 Å². The average Bonchev–Trinajstić information content (AvgIpc) is 2.66. The third-order valence-corrected chi connectivity index (χ3v) is 4.34. The first-order valence-corrected chi connectivity index (χ1v) is 9.20. The van der Waals surface area contributed by atoms with Crippen LogP contribution in [0.15, 0.2) is 48.5 Å². The Bertz CT molecular complexity index is 754. The van der Waals surface area contributed by atoms with Crippen LogP contribution < -0.4 is 5.54 Å². The van der Waals surface area contributed by atoms with Gasteiger partial charge in [-0.05, 0) is 54.5 Å². The maximum Gasteiger partial charge on any atom is 0.338 e. The fourth-order valence-corrected chi connectivity index (χ4v) is 3.01. The zero-order chi connectivity index (χ0) is 19.8. The summed E-state index contributed by atoms with van der Waals surface area (Å²) in [6, 6.07) is 14.6. The summed E-state index contributed by atoms with van der Waals surface area (Å²) < 4.78 is 17.8. The molecule has 0 fully saturated rings. The number of benzene rings is 2. The van der Waals surface area contributed by atoms with Gasteiger partial charge in [0.2, 0.25) is 0 Å². The number of ether oxygens (including phenoxy) is 1. The molecule has 0 aliphatic rings. The van der Waals surface area contributed by atoms with Crippen molar-refractivity contribution in [2.24, 2.45) is 5.92 Å². The fraction of sp³-hybridized carbons (Fsp3) is 0.364. The third-order valence-electron chi connectivity index (χ3n) is 4.34. The number of esters is 1. The molecule has 4 nitrogen and oxygen atoms in total. The van der Waals surface area contributed by atoms with Gasteiger partial charge in [0.05, 0.1) is 18.1 Å². The van der Waals surface area contributed by atoms with E-state index in [4.69, 9.17) is 4.74 Å².